The Bertz CT molecular complexity index is 862. The van der Waals surface area contributed by atoms with E-state index in [4.69, 9.17) is 9.84 Å². The zero-order valence-electron chi connectivity index (χ0n) is 13.9. The molecule has 2 aromatic heterocycles. The number of nitrogens with one attached hydrogen (secondary N) is 1. The quantitative estimate of drug-likeness (QED) is 0.592. The summed E-state index contributed by atoms with van der Waals surface area (Å²) in [4.78, 5) is 20.2. The van der Waals surface area contributed by atoms with Gasteiger partial charge in [0.25, 0.3) is 0 Å². The van der Waals surface area contributed by atoms with Crippen LogP contribution in [0.2, 0.25) is 0 Å². The fourth-order valence-electron chi connectivity index (χ4n) is 2.57. The number of thiophene rings is 1. The molecule has 0 aliphatic heterocycles. The van der Waals surface area contributed by atoms with Crippen LogP contribution in [0.5, 0.6) is 5.75 Å². The number of hydrogen-bond acceptors (Lipinski definition) is 6. The largest absolute Gasteiger partial charge is 0.494 e. The van der Waals surface area contributed by atoms with Gasteiger partial charge in [0.15, 0.2) is 0 Å². The van der Waals surface area contributed by atoms with Crippen LogP contribution in [0.15, 0.2) is 36.0 Å². The molecular formula is C18H19N3O3S. The molecule has 0 spiro atoms. The molecule has 0 amide bonds. The Hall–Kier alpha value is -2.67. The number of rotatable bonds is 8. The zero-order valence-corrected chi connectivity index (χ0v) is 14.7. The van der Waals surface area contributed by atoms with Gasteiger partial charge in [-0.25, -0.2) is 9.97 Å². The van der Waals surface area contributed by atoms with Crippen LogP contribution in [0.3, 0.4) is 0 Å². The molecule has 0 radical (unpaired) electrons. The Kier molecular flexibility index (Phi) is 5.45. The van der Waals surface area contributed by atoms with Crippen molar-refractivity contribution in [1.82, 2.24) is 9.97 Å². The van der Waals surface area contributed by atoms with Crippen LogP contribution in [0.1, 0.15) is 19.8 Å². The van der Waals surface area contributed by atoms with E-state index in [9.17, 15) is 4.79 Å². The molecule has 0 saturated carbocycles. The van der Waals surface area contributed by atoms with Crippen LogP contribution in [-0.4, -0.2) is 34.2 Å². The molecule has 0 atom stereocenters. The third kappa shape index (κ3) is 4.06. The molecule has 2 N–H and O–H groups in total. The minimum absolute atomic E-state index is 0.136. The fraction of sp³-hybridized carbons (Fsp3) is 0.278. The monoisotopic (exact) mass is 357 g/mol. The zero-order chi connectivity index (χ0) is 17.6. The van der Waals surface area contributed by atoms with Crippen molar-refractivity contribution in [2.45, 2.75) is 19.8 Å². The molecule has 6 nitrogen and oxygen atoms in total. The number of ether oxygens (including phenoxy) is 1. The third-order valence-corrected chi connectivity index (χ3v) is 4.59. The van der Waals surface area contributed by atoms with E-state index in [1.165, 1.54) is 6.33 Å². The van der Waals surface area contributed by atoms with Gasteiger partial charge in [0.05, 0.1) is 12.0 Å². The van der Waals surface area contributed by atoms with Gasteiger partial charge >= 0.3 is 5.97 Å². The van der Waals surface area contributed by atoms with Crippen LogP contribution in [-0.2, 0) is 4.79 Å². The van der Waals surface area contributed by atoms with Gasteiger partial charge in [-0.05, 0) is 31.0 Å². The van der Waals surface area contributed by atoms with Crippen molar-refractivity contribution in [3.05, 3.63) is 36.0 Å². The Morgan fingerprint density at radius 1 is 1.28 bits per heavy atom. The highest BCUT2D eigenvalue weighted by atomic mass is 32.1. The first-order valence-corrected chi connectivity index (χ1v) is 8.98. The molecule has 25 heavy (non-hydrogen) atoms. The predicted molar refractivity (Wildman–Crippen MR) is 99.4 cm³/mol. The smallest absolute Gasteiger partial charge is 0.303 e. The molecule has 0 unspecified atom stereocenters. The van der Waals surface area contributed by atoms with E-state index in [1.807, 2.05) is 31.2 Å². The number of fused-ring (bicyclic) bond motifs is 1. The van der Waals surface area contributed by atoms with Crippen molar-refractivity contribution in [2.24, 2.45) is 0 Å². The molecule has 0 aliphatic carbocycles. The van der Waals surface area contributed by atoms with Crippen LogP contribution in [0.4, 0.5) is 5.82 Å². The molecule has 2 heterocycles. The van der Waals surface area contributed by atoms with Crippen molar-refractivity contribution in [3.8, 4) is 16.9 Å². The van der Waals surface area contributed by atoms with E-state index < -0.39 is 5.97 Å². The summed E-state index contributed by atoms with van der Waals surface area (Å²) in [5, 5.41) is 15.0. The van der Waals surface area contributed by atoms with Gasteiger partial charge in [0.2, 0.25) is 0 Å². The van der Waals surface area contributed by atoms with Crippen molar-refractivity contribution in [3.63, 3.8) is 0 Å². The van der Waals surface area contributed by atoms with E-state index in [0.29, 0.717) is 19.6 Å². The Morgan fingerprint density at radius 3 is 2.80 bits per heavy atom. The lowest BCUT2D eigenvalue weighted by atomic mass is 10.1. The average Bonchev–Trinajstić information content (AvgIpc) is 3.04. The van der Waals surface area contributed by atoms with Gasteiger partial charge in [-0.3, -0.25) is 4.79 Å². The van der Waals surface area contributed by atoms with E-state index >= 15 is 0 Å². The maximum absolute atomic E-state index is 10.6. The summed E-state index contributed by atoms with van der Waals surface area (Å²) in [5.41, 5.74) is 2.13. The van der Waals surface area contributed by atoms with Gasteiger partial charge in [0, 0.05) is 23.9 Å². The lowest BCUT2D eigenvalue weighted by Crippen LogP contribution is -2.06. The Balaban J connectivity index is 1.87. The third-order valence-electron chi connectivity index (χ3n) is 3.71. The molecule has 0 saturated heterocycles. The second kappa shape index (κ2) is 7.94. The number of hydrogen-bond donors (Lipinski definition) is 2. The molecule has 3 rings (SSSR count). The number of aromatic nitrogens is 2. The first-order chi connectivity index (χ1) is 12.2. The molecule has 3 aromatic rings. The maximum Gasteiger partial charge on any atom is 0.303 e. The second-order valence-corrected chi connectivity index (χ2v) is 6.29. The predicted octanol–water partition coefficient (Wildman–Crippen LogP) is 4.03. The Labute approximate surface area is 149 Å². The van der Waals surface area contributed by atoms with Crippen LogP contribution < -0.4 is 10.1 Å². The fourth-order valence-corrected chi connectivity index (χ4v) is 3.48. The topological polar surface area (TPSA) is 84.3 Å². The van der Waals surface area contributed by atoms with Crippen molar-refractivity contribution < 1.29 is 14.6 Å². The molecule has 0 fully saturated rings. The van der Waals surface area contributed by atoms with Crippen LogP contribution >= 0.6 is 11.3 Å². The van der Waals surface area contributed by atoms with Crippen LogP contribution in [0.25, 0.3) is 21.3 Å². The first-order valence-electron chi connectivity index (χ1n) is 8.10. The van der Waals surface area contributed by atoms with Crippen molar-refractivity contribution in [1.29, 1.82) is 0 Å². The number of benzene rings is 1. The highest BCUT2D eigenvalue weighted by Crippen LogP contribution is 2.36. The SMILES string of the molecule is CCOc1ccc(-c2csc3ncnc(NCCCC(=O)O)c23)cc1. The van der Waals surface area contributed by atoms with E-state index in [2.05, 4.69) is 20.7 Å². The van der Waals surface area contributed by atoms with Crippen molar-refractivity contribution in [2.75, 3.05) is 18.5 Å². The summed E-state index contributed by atoms with van der Waals surface area (Å²) in [6.45, 7) is 3.15. The molecular weight excluding hydrogens is 338 g/mol. The first kappa shape index (κ1) is 17.2. The summed E-state index contributed by atoms with van der Waals surface area (Å²) in [5.74, 6) is 0.787. The van der Waals surface area contributed by atoms with Crippen molar-refractivity contribution >= 4 is 33.3 Å². The van der Waals surface area contributed by atoms with Gasteiger partial charge in [0.1, 0.15) is 22.7 Å². The molecule has 0 bridgehead atoms. The number of anilines is 1. The minimum atomic E-state index is -0.791. The summed E-state index contributed by atoms with van der Waals surface area (Å²) in [6.07, 6.45) is 2.21. The standard InChI is InChI=1S/C18H19N3O3S/c1-2-24-13-7-5-12(6-8-13)14-10-25-18-16(14)17(20-11-21-18)19-9-3-4-15(22)23/h5-8,10-11H,2-4,9H2,1H3,(H,22,23)(H,19,20,21). The van der Waals surface area contributed by atoms with Gasteiger partial charge < -0.3 is 15.2 Å². The average molecular weight is 357 g/mol. The highest BCUT2D eigenvalue weighted by Gasteiger charge is 2.13. The van der Waals surface area contributed by atoms with Gasteiger partial charge in [-0.15, -0.1) is 11.3 Å². The summed E-state index contributed by atoms with van der Waals surface area (Å²) in [7, 11) is 0. The van der Waals surface area contributed by atoms with Crippen LogP contribution in [0, 0.1) is 0 Å². The minimum Gasteiger partial charge on any atom is -0.494 e. The van der Waals surface area contributed by atoms with Gasteiger partial charge in [-0.1, -0.05) is 12.1 Å². The number of nitrogens with zero attached hydrogens (tertiary/aromatic N) is 2. The summed E-state index contributed by atoms with van der Waals surface area (Å²) < 4.78 is 5.49. The summed E-state index contributed by atoms with van der Waals surface area (Å²) in [6, 6.07) is 7.94. The van der Waals surface area contributed by atoms with Gasteiger partial charge in [-0.2, -0.15) is 0 Å². The number of carboxylic acids is 1. The van der Waals surface area contributed by atoms with E-state index in [-0.39, 0.29) is 6.42 Å². The molecule has 130 valence electrons. The normalized spacial score (nSPS) is 10.8. The van der Waals surface area contributed by atoms with E-state index in [1.54, 1.807) is 11.3 Å². The lowest BCUT2D eigenvalue weighted by molar-refractivity contribution is -0.137. The van der Waals surface area contributed by atoms with E-state index in [0.717, 1.165) is 32.9 Å². The molecule has 1 aromatic carbocycles. The lowest BCUT2D eigenvalue weighted by Gasteiger charge is -2.08. The Morgan fingerprint density at radius 2 is 2.08 bits per heavy atom. The highest BCUT2D eigenvalue weighted by molar-refractivity contribution is 7.17. The maximum atomic E-state index is 10.6. The number of carbonyl (C=O) groups is 1. The molecule has 0 aliphatic rings. The summed E-state index contributed by atoms with van der Waals surface area (Å²) >= 11 is 1.57. The molecule has 7 heteroatoms. The number of carboxylic acid groups (broad SMARTS) is 1. The number of aliphatic carboxylic acids is 1. The second-order valence-electron chi connectivity index (χ2n) is 5.43.